The molecule has 4 nitrogen and oxygen atoms in total. The van der Waals surface area contributed by atoms with Crippen LogP contribution >= 0.6 is 0 Å². The van der Waals surface area contributed by atoms with E-state index < -0.39 is 10.8 Å². The predicted octanol–water partition coefficient (Wildman–Crippen LogP) is -0.181. The zero-order chi connectivity index (χ0) is 11.2. The maximum atomic E-state index is 11.2. The molecule has 0 radical (unpaired) electrons. The van der Waals surface area contributed by atoms with Crippen LogP contribution in [0.2, 0.25) is 0 Å². The van der Waals surface area contributed by atoms with Crippen LogP contribution in [0.5, 0.6) is 0 Å². The molecule has 0 bridgehead atoms. The van der Waals surface area contributed by atoms with Gasteiger partial charge in [0.25, 0.3) is 0 Å². The van der Waals surface area contributed by atoms with Gasteiger partial charge >= 0.3 is 0 Å². The first-order chi connectivity index (χ1) is 7.84. The highest BCUT2D eigenvalue weighted by molar-refractivity contribution is 7.85. The Kier molecular flexibility index (Phi) is 5.22. The van der Waals surface area contributed by atoms with Crippen molar-refractivity contribution in [3.05, 3.63) is 0 Å². The highest BCUT2D eigenvalue weighted by Crippen LogP contribution is 2.06. The highest BCUT2D eigenvalue weighted by atomic mass is 32.2. The van der Waals surface area contributed by atoms with E-state index in [2.05, 4.69) is 10.2 Å². The Hall–Kier alpha value is 0.0300. The summed E-state index contributed by atoms with van der Waals surface area (Å²) >= 11 is 0. The third kappa shape index (κ3) is 4.13. The summed E-state index contributed by atoms with van der Waals surface area (Å²) in [6.07, 6.45) is 2.29. The Morgan fingerprint density at radius 2 is 1.94 bits per heavy atom. The minimum atomic E-state index is -0.549. The molecule has 16 heavy (non-hydrogen) atoms. The van der Waals surface area contributed by atoms with Crippen LogP contribution in [0.25, 0.3) is 0 Å². The Morgan fingerprint density at radius 3 is 2.62 bits per heavy atom. The lowest BCUT2D eigenvalue weighted by molar-refractivity contribution is 0.0773. The summed E-state index contributed by atoms with van der Waals surface area (Å²) in [6.45, 7) is 5.96. The van der Waals surface area contributed by atoms with Gasteiger partial charge in [-0.25, -0.2) is 0 Å². The molecule has 0 aromatic heterocycles. The lowest BCUT2D eigenvalue weighted by Gasteiger charge is -2.28. The van der Waals surface area contributed by atoms with E-state index in [1.165, 1.54) is 0 Å². The Labute approximate surface area is 100 Å². The van der Waals surface area contributed by atoms with Gasteiger partial charge in [0, 0.05) is 67.7 Å². The van der Waals surface area contributed by atoms with Gasteiger partial charge in [0.05, 0.1) is 0 Å². The van der Waals surface area contributed by atoms with E-state index in [0.29, 0.717) is 6.04 Å². The van der Waals surface area contributed by atoms with Crippen LogP contribution in [0.4, 0.5) is 0 Å². The van der Waals surface area contributed by atoms with Gasteiger partial charge in [0.15, 0.2) is 0 Å². The van der Waals surface area contributed by atoms with Gasteiger partial charge in [-0.15, -0.1) is 0 Å². The number of hydrogen-bond acceptors (Lipinski definition) is 4. The second kappa shape index (κ2) is 6.69. The number of hydrogen-bond donors (Lipinski definition) is 1. The lowest BCUT2D eigenvalue weighted by Crippen LogP contribution is -2.44. The molecule has 0 amide bonds. The maximum absolute atomic E-state index is 11.2. The van der Waals surface area contributed by atoms with Gasteiger partial charge < -0.3 is 15.0 Å². The molecule has 0 saturated carbocycles. The van der Waals surface area contributed by atoms with Crippen molar-refractivity contribution in [1.82, 2.24) is 10.2 Å². The normalized spacial score (nSPS) is 26.0. The fraction of sp³-hybridized carbons (Fsp3) is 1.00. The van der Waals surface area contributed by atoms with Gasteiger partial charge in [-0.3, -0.25) is 4.21 Å². The molecule has 0 aromatic rings. The smallest absolute Gasteiger partial charge is 0.0480 e. The summed E-state index contributed by atoms with van der Waals surface area (Å²) in [5.74, 6) is 1.72. The molecule has 2 aliphatic rings. The van der Waals surface area contributed by atoms with E-state index in [1.54, 1.807) is 0 Å². The monoisotopic (exact) mass is 246 g/mol. The summed E-state index contributed by atoms with van der Waals surface area (Å²) in [5, 5.41) is 3.58. The first kappa shape index (κ1) is 12.5. The van der Waals surface area contributed by atoms with Gasteiger partial charge in [-0.1, -0.05) is 0 Å². The van der Waals surface area contributed by atoms with Crippen molar-refractivity contribution in [2.45, 2.75) is 18.9 Å². The average Bonchev–Trinajstić information content (AvgIpc) is 2.33. The maximum Gasteiger partial charge on any atom is 0.0480 e. The van der Waals surface area contributed by atoms with Gasteiger partial charge in [0.1, 0.15) is 0 Å². The molecule has 2 rings (SSSR count). The Balaban J connectivity index is 1.55. The van der Waals surface area contributed by atoms with Crippen LogP contribution in [0, 0.1) is 0 Å². The molecule has 1 N–H and O–H groups in total. The molecule has 2 fully saturated rings. The minimum Gasteiger partial charge on any atom is -0.381 e. The molecule has 2 aliphatic heterocycles. The summed E-state index contributed by atoms with van der Waals surface area (Å²) < 4.78 is 16.5. The lowest BCUT2D eigenvalue weighted by atomic mass is 10.1. The zero-order valence-electron chi connectivity index (χ0n) is 9.82. The van der Waals surface area contributed by atoms with E-state index in [1.807, 2.05) is 0 Å². The average molecular weight is 246 g/mol. The quantitative estimate of drug-likeness (QED) is 0.747. The van der Waals surface area contributed by atoms with E-state index >= 15 is 0 Å². The number of ether oxygens (including phenoxy) is 1. The second-order valence-corrected chi connectivity index (χ2v) is 6.23. The van der Waals surface area contributed by atoms with Crippen LogP contribution in [0.15, 0.2) is 0 Å². The van der Waals surface area contributed by atoms with Crippen molar-refractivity contribution in [2.75, 3.05) is 50.9 Å². The van der Waals surface area contributed by atoms with E-state index in [9.17, 15) is 4.21 Å². The highest BCUT2D eigenvalue weighted by Gasteiger charge is 2.16. The van der Waals surface area contributed by atoms with Crippen molar-refractivity contribution in [2.24, 2.45) is 0 Å². The third-order valence-electron chi connectivity index (χ3n) is 3.35. The molecule has 0 spiro atoms. The molecule has 0 aliphatic carbocycles. The molecular weight excluding hydrogens is 224 g/mol. The molecule has 5 heteroatoms. The Morgan fingerprint density at radius 1 is 1.25 bits per heavy atom. The van der Waals surface area contributed by atoms with Crippen LogP contribution in [0.3, 0.4) is 0 Å². The fourth-order valence-corrected chi connectivity index (χ4v) is 3.36. The fourth-order valence-electron chi connectivity index (χ4n) is 2.23. The topological polar surface area (TPSA) is 41.6 Å². The third-order valence-corrected chi connectivity index (χ3v) is 4.63. The molecule has 2 saturated heterocycles. The molecule has 2 heterocycles. The first-order valence-corrected chi connectivity index (χ1v) is 7.72. The van der Waals surface area contributed by atoms with Crippen molar-refractivity contribution in [3.8, 4) is 0 Å². The van der Waals surface area contributed by atoms with E-state index in [0.717, 1.165) is 63.7 Å². The number of nitrogens with one attached hydrogen (secondary N) is 1. The second-order valence-electron chi connectivity index (χ2n) is 4.53. The summed E-state index contributed by atoms with van der Waals surface area (Å²) in [6, 6.07) is 0.646. The summed E-state index contributed by atoms with van der Waals surface area (Å²) in [7, 11) is -0.549. The molecule has 94 valence electrons. The van der Waals surface area contributed by atoms with Crippen LogP contribution in [0.1, 0.15) is 12.8 Å². The van der Waals surface area contributed by atoms with E-state index in [4.69, 9.17) is 4.74 Å². The molecule has 0 atom stereocenters. The van der Waals surface area contributed by atoms with Crippen LogP contribution < -0.4 is 5.32 Å². The zero-order valence-corrected chi connectivity index (χ0v) is 10.6. The van der Waals surface area contributed by atoms with Crippen molar-refractivity contribution >= 4 is 10.8 Å². The van der Waals surface area contributed by atoms with E-state index in [-0.39, 0.29) is 0 Å². The molecule has 0 unspecified atom stereocenters. The van der Waals surface area contributed by atoms with Crippen molar-refractivity contribution in [1.29, 1.82) is 0 Å². The number of nitrogens with zero attached hydrogens (tertiary/aromatic N) is 1. The van der Waals surface area contributed by atoms with Gasteiger partial charge in [0.2, 0.25) is 0 Å². The predicted molar refractivity (Wildman–Crippen MR) is 66.2 cm³/mol. The minimum absolute atomic E-state index is 0.549. The Bertz CT molecular complexity index is 222. The SMILES string of the molecule is O=S1CCN(CCNC2CCOCC2)CC1. The molecule has 0 aromatic carbocycles. The summed E-state index contributed by atoms with van der Waals surface area (Å²) in [5.41, 5.74) is 0. The first-order valence-electron chi connectivity index (χ1n) is 6.23. The van der Waals surface area contributed by atoms with Crippen molar-refractivity contribution in [3.63, 3.8) is 0 Å². The van der Waals surface area contributed by atoms with Gasteiger partial charge in [-0.2, -0.15) is 0 Å². The standard InChI is InChI=1S/C11H22N2O2S/c14-16-9-5-13(6-10-16)4-3-12-11-1-7-15-8-2-11/h11-12H,1-10H2. The summed E-state index contributed by atoms with van der Waals surface area (Å²) in [4.78, 5) is 2.41. The molecular formula is C11H22N2O2S. The van der Waals surface area contributed by atoms with Gasteiger partial charge in [-0.05, 0) is 12.8 Å². The largest absolute Gasteiger partial charge is 0.381 e. The van der Waals surface area contributed by atoms with Crippen LogP contribution in [-0.4, -0.2) is 66.0 Å². The van der Waals surface area contributed by atoms with Crippen molar-refractivity contribution < 1.29 is 8.95 Å². The van der Waals surface area contributed by atoms with Crippen LogP contribution in [-0.2, 0) is 15.5 Å². The number of rotatable bonds is 4.